The van der Waals surface area contributed by atoms with E-state index in [1.165, 1.54) is 0 Å². The van der Waals surface area contributed by atoms with Gasteiger partial charge in [-0.3, -0.25) is 4.79 Å². The van der Waals surface area contributed by atoms with Gasteiger partial charge in [0, 0.05) is 18.9 Å². The number of carbonyl (C=O) groups is 1. The number of hydrogen-bond donors (Lipinski definition) is 1. The lowest BCUT2D eigenvalue weighted by Gasteiger charge is -2.11. The lowest BCUT2D eigenvalue weighted by atomic mass is 10.1. The van der Waals surface area contributed by atoms with Crippen LogP contribution in [0, 0.1) is 5.92 Å². The molecule has 1 aromatic rings. The topological polar surface area (TPSA) is 80.9 Å². The van der Waals surface area contributed by atoms with E-state index in [9.17, 15) is 4.79 Å². The van der Waals surface area contributed by atoms with Gasteiger partial charge in [-0.05, 0) is 16.3 Å². The van der Waals surface area contributed by atoms with Crippen molar-refractivity contribution in [1.29, 1.82) is 0 Å². The van der Waals surface area contributed by atoms with Crippen LogP contribution in [0.3, 0.4) is 0 Å². The monoisotopic (exact) mass is 212 g/mol. The molecule has 0 radical (unpaired) electrons. The summed E-state index contributed by atoms with van der Waals surface area (Å²) >= 11 is 0. The highest BCUT2D eigenvalue weighted by molar-refractivity contribution is 5.66. The van der Waals surface area contributed by atoms with Crippen molar-refractivity contribution in [1.82, 2.24) is 20.2 Å². The molecule has 1 aromatic heterocycles. The molecule has 0 aliphatic heterocycles. The van der Waals surface area contributed by atoms with Crippen molar-refractivity contribution in [2.45, 2.75) is 39.7 Å². The zero-order chi connectivity index (χ0) is 11.4. The summed E-state index contributed by atoms with van der Waals surface area (Å²) in [7, 11) is 0. The summed E-state index contributed by atoms with van der Waals surface area (Å²) in [4.78, 5) is 10.5. The molecule has 0 aromatic carbocycles. The van der Waals surface area contributed by atoms with E-state index < -0.39 is 5.97 Å². The molecule has 15 heavy (non-hydrogen) atoms. The minimum atomic E-state index is -0.790. The SMILES string of the molecule is CC(CC(=O)O)Cn1nnnc1C(C)C. The van der Waals surface area contributed by atoms with Crippen molar-refractivity contribution in [3.63, 3.8) is 0 Å². The number of nitrogens with zero attached hydrogens (tertiary/aromatic N) is 4. The molecule has 1 heterocycles. The van der Waals surface area contributed by atoms with Crippen LogP contribution in [0.25, 0.3) is 0 Å². The molecule has 1 rings (SSSR count). The third-order valence-electron chi connectivity index (χ3n) is 2.08. The van der Waals surface area contributed by atoms with Gasteiger partial charge >= 0.3 is 5.97 Å². The largest absolute Gasteiger partial charge is 0.481 e. The van der Waals surface area contributed by atoms with E-state index in [2.05, 4.69) is 15.5 Å². The summed E-state index contributed by atoms with van der Waals surface area (Å²) in [6.45, 7) is 6.43. The standard InChI is InChI=1S/C9H16N4O2/c1-6(2)9-10-11-12-13(9)5-7(3)4-8(14)15/h6-7H,4-5H2,1-3H3,(H,14,15). The van der Waals surface area contributed by atoms with Crippen molar-refractivity contribution >= 4 is 5.97 Å². The van der Waals surface area contributed by atoms with Crippen molar-refractivity contribution in [2.24, 2.45) is 5.92 Å². The molecule has 1 unspecified atom stereocenters. The van der Waals surface area contributed by atoms with Gasteiger partial charge in [-0.2, -0.15) is 0 Å². The molecule has 0 aliphatic rings. The molecule has 84 valence electrons. The second-order valence-corrected chi connectivity index (χ2v) is 4.08. The number of carboxylic acids is 1. The summed E-state index contributed by atoms with van der Waals surface area (Å²) in [5.74, 6) is 0.287. The van der Waals surface area contributed by atoms with E-state index in [1.54, 1.807) is 4.68 Å². The lowest BCUT2D eigenvalue weighted by molar-refractivity contribution is -0.138. The predicted octanol–water partition coefficient (Wildman–Crippen LogP) is 0.907. The van der Waals surface area contributed by atoms with Crippen molar-refractivity contribution in [3.05, 3.63) is 5.82 Å². The minimum Gasteiger partial charge on any atom is -0.481 e. The first-order valence-electron chi connectivity index (χ1n) is 4.98. The fraction of sp³-hybridized carbons (Fsp3) is 0.778. The number of rotatable bonds is 5. The van der Waals surface area contributed by atoms with Gasteiger partial charge in [-0.25, -0.2) is 4.68 Å². The smallest absolute Gasteiger partial charge is 0.303 e. The first-order valence-corrected chi connectivity index (χ1v) is 4.98. The van der Waals surface area contributed by atoms with Crippen LogP contribution >= 0.6 is 0 Å². The van der Waals surface area contributed by atoms with Gasteiger partial charge in [0.15, 0.2) is 5.82 Å². The molecule has 0 saturated heterocycles. The van der Waals surface area contributed by atoms with Crippen LogP contribution in [0.5, 0.6) is 0 Å². The van der Waals surface area contributed by atoms with E-state index in [0.717, 1.165) is 5.82 Å². The summed E-state index contributed by atoms with van der Waals surface area (Å²) in [6.07, 6.45) is 0.136. The molecule has 0 saturated carbocycles. The number of carboxylic acid groups (broad SMARTS) is 1. The van der Waals surface area contributed by atoms with E-state index >= 15 is 0 Å². The maximum absolute atomic E-state index is 10.5. The number of aromatic nitrogens is 4. The van der Waals surface area contributed by atoms with Crippen molar-refractivity contribution < 1.29 is 9.90 Å². The Bertz CT molecular complexity index is 335. The average molecular weight is 212 g/mol. The van der Waals surface area contributed by atoms with Crippen molar-refractivity contribution in [2.75, 3.05) is 0 Å². The number of aliphatic carboxylic acids is 1. The van der Waals surface area contributed by atoms with Crippen LogP contribution in [0.4, 0.5) is 0 Å². The first kappa shape index (κ1) is 11.6. The molecule has 1 atom stereocenters. The number of tetrazole rings is 1. The zero-order valence-electron chi connectivity index (χ0n) is 9.21. The Morgan fingerprint density at radius 1 is 1.47 bits per heavy atom. The van der Waals surface area contributed by atoms with Gasteiger partial charge in [-0.15, -0.1) is 5.10 Å². The van der Waals surface area contributed by atoms with Crippen LogP contribution in [0.2, 0.25) is 0 Å². The molecule has 6 nitrogen and oxygen atoms in total. The van der Waals surface area contributed by atoms with E-state index in [4.69, 9.17) is 5.11 Å². The van der Waals surface area contributed by atoms with Gasteiger partial charge in [-0.1, -0.05) is 20.8 Å². The van der Waals surface area contributed by atoms with E-state index in [1.807, 2.05) is 20.8 Å². The molecule has 0 bridgehead atoms. The Hall–Kier alpha value is -1.46. The summed E-state index contributed by atoms with van der Waals surface area (Å²) in [5, 5.41) is 20.0. The zero-order valence-corrected chi connectivity index (χ0v) is 9.21. The van der Waals surface area contributed by atoms with E-state index in [0.29, 0.717) is 6.54 Å². The quantitative estimate of drug-likeness (QED) is 0.784. The average Bonchev–Trinajstić information content (AvgIpc) is 2.50. The van der Waals surface area contributed by atoms with Crippen LogP contribution in [0.1, 0.15) is 38.9 Å². The Morgan fingerprint density at radius 2 is 2.13 bits per heavy atom. The third kappa shape index (κ3) is 3.30. The minimum absolute atomic E-state index is 0.0310. The Kier molecular flexibility index (Phi) is 3.76. The molecule has 0 spiro atoms. The van der Waals surface area contributed by atoms with E-state index in [-0.39, 0.29) is 18.3 Å². The highest BCUT2D eigenvalue weighted by Crippen LogP contribution is 2.12. The molecular weight excluding hydrogens is 196 g/mol. The third-order valence-corrected chi connectivity index (χ3v) is 2.08. The summed E-state index contributed by atoms with van der Waals surface area (Å²) in [5.41, 5.74) is 0. The molecular formula is C9H16N4O2. The molecule has 0 aliphatic carbocycles. The van der Waals surface area contributed by atoms with Gasteiger partial charge in [0.2, 0.25) is 0 Å². The van der Waals surface area contributed by atoms with Gasteiger partial charge in [0.1, 0.15) is 0 Å². The first-order chi connectivity index (χ1) is 7.00. The fourth-order valence-electron chi connectivity index (χ4n) is 1.41. The van der Waals surface area contributed by atoms with Gasteiger partial charge in [0.25, 0.3) is 0 Å². The highest BCUT2D eigenvalue weighted by Gasteiger charge is 2.14. The van der Waals surface area contributed by atoms with Crippen LogP contribution < -0.4 is 0 Å². The predicted molar refractivity (Wildman–Crippen MR) is 53.3 cm³/mol. The molecule has 0 amide bonds. The maximum atomic E-state index is 10.5. The second-order valence-electron chi connectivity index (χ2n) is 4.08. The second kappa shape index (κ2) is 4.86. The van der Waals surface area contributed by atoms with Gasteiger partial charge < -0.3 is 5.11 Å². The van der Waals surface area contributed by atoms with Crippen molar-refractivity contribution in [3.8, 4) is 0 Å². The lowest BCUT2D eigenvalue weighted by Crippen LogP contribution is -2.15. The Balaban J connectivity index is 2.63. The molecule has 6 heteroatoms. The molecule has 1 N–H and O–H groups in total. The summed E-state index contributed by atoms with van der Waals surface area (Å²) in [6, 6.07) is 0. The summed E-state index contributed by atoms with van der Waals surface area (Å²) < 4.78 is 1.68. The highest BCUT2D eigenvalue weighted by atomic mass is 16.4. The van der Waals surface area contributed by atoms with Crippen LogP contribution in [0.15, 0.2) is 0 Å². The van der Waals surface area contributed by atoms with Gasteiger partial charge in [0.05, 0.1) is 0 Å². The number of hydrogen-bond acceptors (Lipinski definition) is 4. The molecule has 0 fully saturated rings. The fourth-order valence-corrected chi connectivity index (χ4v) is 1.41. The Labute approximate surface area is 88.3 Å². The van der Waals surface area contributed by atoms with Crippen LogP contribution in [-0.2, 0) is 11.3 Å². The maximum Gasteiger partial charge on any atom is 0.303 e. The van der Waals surface area contributed by atoms with Crippen LogP contribution in [-0.4, -0.2) is 31.3 Å². The normalized spacial score (nSPS) is 13.1. The Morgan fingerprint density at radius 3 is 2.67 bits per heavy atom.